The zero-order valence-electron chi connectivity index (χ0n) is 20.0. The van der Waals surface area contributed by atoms with Gasteiger partial charge >= 0.3 is 5.97 Å². The van der Waals surface area contributed by atoms with Crippen molar-refractivity contribution in [3.05, 3.63) is 18.2 Å². The number of carbonyl (C=O) groups is 2. The van der Waals surface area contributed by atoms with E-state index in [1.807, 2.05) is 0 Å². The van der Waals surface area contributed by atoms with E-state index < -0.39 is 28.1 Å². The zero-order chi connectivity index (χ0) is 24.5. The van der Waals surface area contributed by atoms with E-state index >= 15 is 0 Å². The molecule has 0 aromatic heterocycles. The first-order chi connectivity index (χ1) is 16.2. The predicted molar refractivity (Wildman–Crippen MR) is 124 cm³/mol. The number of hydrogen-bond acceptors (Lipinski definition) is 7. The van der Waals surface area contributed by atoms with Crippen molar-refractivity contribution in [2.24, 2.45) is 11.8 Å². The molecule has 2 heterocycles. The third kappa shape index (κ3) is 5.02. The van der Waals surface area contributed by atoms with Crippen molar-refractivity contribution >= 4 is 21.9 Å². The highest BCUT2D eigenvalue weighted by molar-refractivity contribution is 7.89. The third-order valence-electron chi connectivity index (χ3n) is 7.29. The second-order valence-electron chi connectivity index (χ2n) is 9.54. The van der Waals surface area contributed by atoms with E-state index in [1.165, 1.54) is 19.1 Å². The number of carbonyl (C=O) groups excluding carboxylic acids is 2. The molecular weight excluding hydrogens is 460 g/mol. The molecule has 4 rings (SSSR count). The number of hydrogen-bond donors (Lipinski definition) is 1. The van der Waals surface area contributed by atoms with E-state index in [1.54, 1.807) is 6.07 Å². The number of fused-ring (bicyclic) bond motifs is 1. The summed E-state index contributed by atoms with van der Waals surface area (Å²) in [5, 5.41) is 3.02. The van der Waals surface area contributed by atoms with Crippen LogP contribution in [0.5, 0.6) is 11.5 Å². The van der Waals surface area contributed by atoms with Crippen LogP contribution in [0.2, 0.25) is 0 Å². The average molecular weight is 495 g/mol. The summed E-state index contributed by atoms with van der Waals surface area (Å²) in [6.45, 7) is 6.79. The van der Waals surface area contributed by atoms with Crippen LogP contribution in [0.25, 0.3) is 0 Å². The van der Waals surface area contributed by atoms with E-state index in [2.05, 4.69) is 19.2 Å². The molecule has 0 spiro atoms. The van der Waals surface area contributed by atoms with Gasteiger partial charge in [0, 0.05) is 18.7 Å². The molecule has 0 unspecified atom stereocenters. The standard InChI is InChI=1S/C24H34N2O7S/c1-15-6-4-7-19(16(15)2)25-23(27)17(3)33-24(28)20-8-5-11-26(20)34(29,30)18-9-10-21-22(14-18)32-13-12-31-21/h9-10,14-17,19-20H,4-8,11-13H2,1-3H3,(H,25,27)/t15-,16-,17+,19-,20+/m1/s1. The first-order valence-corrected chi connectivity index (χ1v) is 13.5. The minimum Gasteiger partial charge on any atom is -0.486 e. The average Bonchev–Trinajstić information content (AvgIpc) is 3.33. The molecule has 1 aromatic rings. The van der Waals surface area contributed by atoms with E-state index in [0.29, 0.717) is 49.4 Å². The van der Waals surface area contributed by atoms with Gasteiger partial charge in [-0.15, -0.1) is 0 Å². The van der Waals surface area contributed by atoms with Crippen LogP contribution in [0.1, 0.15) is 52.9 Å². The molecule has 10 heteroatoms. The second-order valence-corrected chi connectivity index (χ2v) is 11.4. The van der Waals surface area contributed by atoms with Gasteiger partial charge in [0.15, 0.2) is 17.6 Å². The van der Waals surface area contributed by atoms with Crippen molar-refractivity contribution in [2.45, 2.75) is 76.0 Å². The van der Waals surface area contributed by atoms with Gasteiger partial charge in [0.05, 0.1) is 4.90 Å². The Balaban J connectivity index is 1.41. The van der Waals surface area contributed by atoms with Gasteiger partial charge in [-0.2, -0.15) is 4.31 Å². The minimum absolute atomic E-state index is 0.0302. The Bertz CT molecular complexity index is 1030. The van der Waals surface area contributed by atoms with Crippen LogP contribution in [0.4, 0.5) is 0 Å². The number of ether oxygens (including phenoxy) is 3. The van der Waals surface area contributed by atoms with Crippen LogP contribution in [-0.2, 0) is 24.3 Å². The maximum absolute atomic E-state index is 13.3. The van der Waals surface area contributed by atoms with Crippen LogP contribution in [-0.4, -0.2) is 62.5 Å². The number of rotatable bonds is 6. The fourth-order valence-electron chi connectivity index (χ4n) is 4.98. The minimum atomic E-state index is -3.96. The highest BCUT2D eigenvalue weighted by atomic mass is 32.2. The quantitative estimate of drug-likeness (QED) is 0.605. The Hall–Kier alpha value is -2.33. The van der Waals surface area contributed by atoms with Gasteiger partial charge in [0.2, 0.25) is 10.0 Å². The molecule has 1 aromatic carbocycles. The number of nitrogens with one attached hydrogen (secondary N) is 1. The van der Waals surface area contributed by atoms with Gasteiger partial charge in [-0.3, -0.25) is 9.59 Å². The summed E-state index contributed by atoms with van der Waals surface area (Å²) >= 11 is 0. The van der Waals surface area contributed by atoms with Crippen LogP contribution >= 0.6 is 0 Å². The molecule has 5 atom stereocenters. The number of esters is 1. The maximum atomic E-state index is 13.3. The Kier molecular flexibility index (Phi) is 7.37. The highest BCUT2D eigenvalue weighted by Gasteiger charge is 2.42. The summed E-state index contributed by atoms with van der Waals surface area (Å²) in [7, 11) is -3.96. The summed E-state index contributed by atoms with van der Waals surface area (Å²) in [6, 6.07) is 3.52. The van der Waals surface area contributed by atoms with Crippen LogP contribution in [0, 0.1) is 11.8 Å². The molecule has 1 N–H and O–H groups in total. The number of amides is 1. The molecule has 2 aliphatic heterocycles. The van der Waals surface area contributed by atoms with Gasteiger partial charge in [0.25, 0.3) is 5.91 Å². The van der Waals surface area contributed by atoms with Crippen molar-refractivity contribution in [3.63, 3.8) is 0 Å². The summed E-state index contributed by atoms with van der Waals surface area (Å²) < 4.78 is 44.2. The first kappa shape index (κ1) is 24.8. The largest absolute Gasteiger partial charge is 0.486 e. The predicted octanol–water partition coefficient (Wildman–Crippen LogP) is 2.48. The van der Waals surface area contributed by atoms with Crippen molar-refractivity contribution < 1.29 is 32.2 Å². The van der Waals surface area contributed by atoms with Gasteiger partial charge in [-0.05, 0) is 50.2 Å². The molecule has 1 aliphatic carbocycles. The molecule has 34 heavy (non-hydrogen) atoms. The Morgan fingerprint density at radius 3 is 2.59 bits per heavy atom. The summed E-state index contributed by atoms with van der Waals surface area (Å²) in [5.74, 6) is 0.674. The molecular formula is C24H34N2O7S. The lowest BCUT2D eigenvalue weighted by Gasteiger charge is -2.35. The van der Waals surface area contributed by atoms with Crippen molar-refractivity contribution in [3.8, 4) is 11.5 Å². The molecule has 1 saturated heterocycles. The monoisotopic (exact) mass is 494 g/mol. The third-order valence-corrected chi connectivity index (χ3v) is 9.20. The van der Waals surface area contributed by atoms with Gasteiger partial charge in [-0.25, -0.2) is 8.42 Å². The summed E-state index contributed by atoms with van der Waals surface area (Å²) in [5.41, 5.74) is 0. The van der Waals surface area contributed by atoms with Crippen LogP contribution in [0.3, 0.4) is 0 Å². The van der Waals surface area contributed by atoms with Gasteiger partial charge in [-0.1, -0.05) is 26.7 Å². The summed E-state index contributed by atoms with van der Waals surface area (Å²) in [4.78, 5) is 25.7. The molecule has 0 bridgehead atoms. The number of sulfonamides is 1. The Labute approximate surface area is 201 Å². The van der Waals surface area contributed by atoms with Crippen molar-refractivity contribution in [1.29, 1.82) is 0 Å². The van der Waals surface area contributed by atoms with Crippen molar-refractivity contribution in [1.82, 2.24) is 9.62 Å². The SMILES string of the molecule is C[C@@H]1[C@H](C)CCC[C@H]1NC(=O)[C@H](C)OC(=O)[C@@H]1CCCN1S(=O)(=O)c1ccc2c(c1)OCCO2. The maximum Gasteiger partial charge on any atom is 0.325 e. The number of nitrogens with zero attached hydrogens (tertiary/aromatic N) is 1. The lowest BCUT2D eigenvalue weighted by Crippen LogP contribution is -2.49. The van der Waals surface area contributed by atoms with Crippen molar-refractivity contribution in [2.75, 3.05) is 19.8 Å². The number of benzene rings is 1. The zero-order valence-corrected chi connectivity index (χ0v) is 20.8. The molecule has 9 nitrogen and oxygen atoms in total. The second kappa shape index (κ2) is 10.1. The molecule has 1 saturated carbocycles. The van der Waals surface area contributed by atoms with E-state index in [9.17, 15) is 18.0 Å². The molecule has 2 fully saturated rings. The lowest BCUT2D eigenvalue weighted by molar-refractivity contribution is -0.158. The molecule has 0 radical (unpaired) electrons. The summed E-state index contributed by atoms with van der Waals surface area (Å²) in [6.07, 6.45) is 2.97. The van der Waals surface area contributed by atoms with Crippen LogP contribution < -0.4 is 14.8 Å². The Morgan fingerprint density at radius 2 is 1.82 bits per heavy atom. The lowest BCUT2D eigenvalue weighted by atomic mass is 9.78. The van der Waals surface area contributed by atoms with Crippen LogP contribution in [0.15, 0.2) is 23.1 Å². The smallest absolute Gasteiger partial charge is 0.325 e. The van der Waals surface area contributed by atoms with E-state index in [4.69, 9.17) is 14.2 Å². The fraction of sp³-hybridized carbons (Fsp3) is 0.667. The van der Waals surface area contributed by atoms with E-state index in [0.717, 1.165) is 23.6 Å². The highest BCUT2D eigenvalue weighted by Crippen LogP contribution is 2.35. The molecule has 3 aliphatic rings. The molecule has 188 valence electrons. The Morgan fingerprint density at radius 1 is 1.09 bits per heavy atom. The van der Waals surface area contributed by atoms with E-state index in [-0.39, 0.29) is 23.4 Å². The fourth-order valence-corrected chi connectivity index (χ4v) is 6.64. The first-order valence-electron chi connectivity index (χ1n) is 12.1. The van der Waals surface area contributed by atoms with Gasteiger partial charge < -0.3 is 19.5 Å². The normalized spacial score (nSPS) is 28.2. The topological polar surface area (TPSA) is 111 Å². The molecule has 1 amide bonds. The van der Waals surface area contributed by atoms with Gasteiger partial charge in [0.1, 0.15) is 19.3 Å².